The van der Waals surface area contributed by atoms with Gasteiger partial charge in [0, 0.05) is 18.7 Å². The zero-order chi connectivity index (χ0) is 14.5. The molecule has 2 nitrogen and oxygen atoms in total. The lowest BCUT2D eigenvalue weighted by Crippen LogP contribution is -2.24. The third kappa shape index (κ3) is 4.78. The van der Waals surface area contributed by atoms with Crippen LogP contribution in [0.25, 0.3) is 0 Å². The number of rotatable bonds is 5. The fourth-order valence-corrected chi connectivity index (χ4v) is 2.65. The van der Waals surface area contributed by atoms with E-state index in [2.05, 4.69) is 26.1 Å². The number of nitrogens with one attached hydrogen (secondary N) is 1. The van der Waals surface area contributed by atoms with Crippen molar-refractivity contribution in [1.29, 1.82) is 0 Å². The van der Waals surface area contributed by atoms with Gasteiger partial charge in [-0.1, -0.05) is 20.8 Å². The molecule has 0 amide bonds. The molecule has 0 saturated heterocycles. The zero-order valence-electron chi connectivity index (χ0n) is 12.8. The second-order valence-corrected chi connectivity index (χ2v) is 6.33. The minimum absolute atomic E-state index is 0.216. The van der Waals surface area contributed by atoms with Crippen LogP contribution in [0.2, 0.25) is 0 Å². The molecule has 0 atom stereocenters. The molecular weight excluding hydrogens is 253 g/mol. The van der Waals surface area contributed by atoms with Crippen molar-refractivity contribution < 1.29 is 9.13 Å². The van der Waals surface area contributed by atoms with Crippen molar-refractivity contribution in [2.45, 2.75) is 65.1 Å². The highest BCUT2D eigenvalue weighted by molar-refractivity contribution is 5.30. The van der Waals surface area contributed by atoms with Crippen LogP contribution >= 0.6 is 0 Å². The van der Waals surface area contributed by atoms with Crippen molar-refractivity contribution in [1.82, 2.24) is 5.32 Å². The monoisotopic (exact) mass is 279 g/mol. The summed E-state index contributed by atoms with van der Waals surface area (Å²) in [5, 5.41) is 3.30. The van der Waals surface area contributed by atoms with E-state index in [1.165, 1.54) is 18.9 Å². The van der Waals surface area contributed by atoms with Gasteiger partial charge in [0.1, 0.15) is 11.6 Å². The molecule has 0 heterocycles. The summed E-state index contributed by atoms with van der Waals surface area (Å²) < 4.78 is 19.6. The standard InChI is InChI=1S/C17H26FNO/c1-12(2)19-11-14-8-15(18)10-17(9-14)20-16-6-4-13(3)5-7-16/h8-10,12-13,16,19H,4-7,11H2,1-3H3. The number of benzene rings is 1. The van der Waals surface area contributed by atoms with E-state index in [1.807, 2.05) is 6.07 Å². The lowest BCUT2D eigenvalue weighted by Gasteiger charge is -2.27. The van der Waals surface area contributed by atoms with Crippen molar-refractivity contribution in [3.8, 4) is 5.75 Å². The van der Waals surface area contributed by atoms with Crippen LogP contribution in [0.3, 0.4) is 0 Å². The van der Waals surface area contributed by atoms with Crippen molar-refractivity contribution in [3.63, 3.8) is 0 Å². The van der Waals surface area contributed by atoms with Gasteiger partial charge in [-0.25, -0.2) is 4.39 Å². The second-order valence-electron chi connectivity index (χ2n) is 6.33. The molecular formula is C17H26FNO. The number of hydrogen-bond donors (Lipinski definition) is 1. The third-order valence-electron chi connectivity index (χ3n) is 3.91. The molecule has 3 heteroatoms. The van der Waals surface area contributed by atoms with Crippen molar-refractivity contribution in [2.24, 2.45) is 5.92 Å². The number of ether oxygens (including phenoxy) is 1. The Morgan fingerprint density at radius 3 is 2.55 bits per heavy atom. The van der Waals surface area contributed by atoms with Gasteiger partial charge in [0.25, 0.3) is 0 Å². The maximum Gasteiger partial charge on any atom is 0.127 e. The van der Waals surface area contributed by atoms with Crippen LogP contribution < -0.4 is 10.1 Å². The van der Waals surface area contributed by atoms with Crippen LogP contribution in [0.1, 0.15) is 52.0 Å². The lowest BCUT2D eigenvalue weighted by atomic mass is 9.89. The summed E-state index contributed by atoms with van der Waals surface area (Å²) >= 11 is 0. The summed E-state index contributed by atoms with van der Waals surface area (Å²) in [5.41, 5.74) is 0.942. The molecule has 0 bridgehead atoms. The first-order valence-electron chi connectivity index (χ1n) is 7.72. The molecule has 2 rings (SSSR count). The predicted octanol–water partition coefficient (Wildman–Crippen LogP) is 4.28. The molecule has 112 valence electrons. The summed E-state index contributed by atoms with van der Waals surface area (Å²) in [6.07, 6.45) is 4.83. The third-order valence-corrected chi connectivity index (χ3v) is 3.91. The summed E-state index contributed by atoms with van der Waals surface area (Å²) in [7, 11) is 0. The van der Waals surface area contributed by atoms with Crippen LogP contribution in [-0.2, 0) is 6.54 Å². The molecule has 1 aliphatic rings. The lowest BCUT2D eigenvalue weighted by molar-refractivity contribution is 0.135. The molecule has 0 spiro atoms. The minimum atomic E-state index is -0.216. The van der Waals surface area contributed by atoms with Crippen LogP contribution in [-0.4, -0.2) is 12.1 Å². The van der Waals surface area contributed by atoms with Gasteiger partial charge < -0.3 is 10.1 Å². The first-order valence-corrected chi connectivity index (χ1v) is 7.72. The van der Waals surface area contributed by atoms with Crippen LogP contribution in [0, 0.1) is 11.7 Å². The molecule has 20 heavy (non-hydrogen) atoms. The highest BCUT2D eigenvalue weighted by Crippen LogP contribution is 2.28. The van der Waals surface area contributed by atoms with Gasteiger partial charge in [0.2, 0.25) is 0 Å². The maximum atomic E-state index is 13.7. The molecule has 0 unspecified atom stereocenters. The second kappa shape index (κ2) is 7.07. The fourth-order valence-electron chi connectivity index (χ4n) is 2.65. The summed E-state index contributed by atoms with van der Waals surface area (Å²) in [6.45, 7) is 7.13. The Labute approximate surface area is 121 Å². The van der Waals surface area contributed by atoms with Crippen molar-refractivity contribution in [2.75, 3.05) is 0 Å². The van der Waals surface area contributed by atoms with E-state index in [9.17, 15) is 4.39 Å². The van der Waals surface area contributed by atoms with E-state index in [0.717, 1.165) is 24.3 Å². The Bertz CT molecular complexity index is 425. The zero-order valence-corrected chi connectivity index (χ0v) is 12.8. The predicted molar refractivity (Wildman–Crippen MR) is 80.4 cm³/mol. The van der Waals surface area contributed by atoms with Gasteiger partial charge in [-0.05, 0) is 49.3 Å². The molecule has 1 aliphatic carbocycles. The molecule has 1 N–H and O–H groups in total. The minimum Gasteiger partial charge on any atom is -0.490 e. The van der Waals surface area contributed by atoms with Crippen molar-refractivity contribution in [3.05, 3.63) is 29.6 Å². The van der Waals surface area contributed by atoms with Gasteiger partial charge >= 0.3 is 0 Å². The quantitative estimate of drug-likeness (QED) is 0.868. The van der Waals surface area contributed by atoms with E-state index in [0.29, 0.717) is 18.3 Å². The Balaban J connectivity index is 1.96. The number of halogens is 1. The van der Waals surface area contributed by atoms with Crippen molar-refractivity contribution >= 4 is 0 Å². The fraction of sp³-hybridized carbons (Fsp3) is 0.647. The average Bonchev–Trinajstić information content (AvgIpc) is 2.38. The summed E-state index contributed by atoms with van der Waals surface area (Å²) in [5.74, 6) is 1.26. The Hall–Kier alpha value is -1.09. The highest BCUT2D eigenvalue weighted by Gasteiger charge is 2.19. The van der Waals surface area contributed by atoms with E-state index in [4.69, 9.17) is 4.74 Å². The van der Waals surface area contributed by atoms with E-state index < -0.39 is 0 Å². The van der Waals surface area contributed by atoms with E-state index in [-0.39, 0.29) is 11.9 Å². The average molecular weight is 279 g/mol. The van der Waals surface area contributed by atoms with Gasteiger partial charge in [0.05, 0.1) is 6.10 Å². The molecule has 0 aliphatic heterocycles. The summed E-state index contributed by atoms with van der Waals surface area (Å²) in [6, 6.07) is 5.42. The normalized spacial score (nSPS) is 23.1. The summed E-state index contributed by atoms with van der Waals surface area (Å²) in [4.78, 5) is 0. The first kappa shape index (κ1) is 15.3. The van der Waals surface area contributed by atoms with Gasteiger partial charge in [-0.2, -0.15) is 0 Å². The SMILES string of the molecule is CC1CCC(Oc2cc(F)cc(CNC(C)C)c2)CC1. The molecule has 0 aromatic heterocycles. The maximum absolute atomic E-state index is 13.7. The molecule has 1 aromatic carbocycles. The number of hydrogen-bond acceptors (Lipinski definition) is 2. The smallest absolute Gasteiger partial charge is 0.127 e. The molecule has 1 saturated carbocycles. The Morgan fingerprint density at radius 2 is 1.90 bits per heavy atom. The topological polar surface area (TPSA) is 21.3 Å². The molecule has 1 aromatic rings. The van der Waals surface area contributed by atoms with Crippen LogP contribution in [0.15, 0.2) is 18.2 Å². The van der Waals surface area contributed by atoms with Crippen LogP contribution in [0.4, 0.5) is 4.39 Å². The molecule has 0 radical (unpaired) electrons. The molecule has 1 fully saturated rings. The first-order chi connectivity index (χ1) is 9.52. The van der Waals surface area contributed by atoms with Gasteiger partial charge in [-0.15, -0.1) is 0 Å². The van der Waals surface area contributed by atoms with E-state index >= 15 is 0 Å². The van der Waals surface area contributed by atoms with Gasteiger partial charge in [0.15, 0.2) is 0 Å². The Morgan fingerprint density at radius 1 is 1.20 bits per heavy atom. The highest BCUT2D eigenvalue weighted by atomic mass is 19.1. The van der Waals surface area contributed by atoms with Crippen LogP contribution in [0.5, 0.6) is 5.75 Å². The van der Waals surface area contributed by atoms with Gasteiger partial charge in [-0.3, -0.25) is 0 Å². The largest absolute Gasteiger partial charge is 0.490 e. The Kier molecular flexibility index (Phi) is 5.41. The van der Waals surface area contributed by atoms with E-state index in [1.54, 1.807) is 6.07 Å².